The van der Waals surface area contributed by atoms with Crippen LogP contribution in [0.4, 0.5) is 0 Å². The molecule has 0 saturated heterocycles. The topological polar surface area (TPSA) is 58.9 Å². The Kier molecular flexibility index (Phi) is 4.03. The van der Waals surface area contributed by atoms with Crippen molar-refractivity contribution in [3.63, 3.8) is 0 Å². The molecule has 0 bridgehead atoms. The molecule has 0 aliphatic carbocycles. The fourth-order valence-corrected chi connectivity index (χ4v) is 2.33. The number of nitrogens with zero attached hydrogens (tertiary/aromatic N) is 4. The number of nitrogens with one attached hydrogen (secondary N) is 1. The summed E-state index contributed by atoms with van der Waals surface area (Å²) in [4.78, 5) is 4.26. The monoisotopic (exact) mass is 359 g/mol. The highest BCUT2D eigenvalue weighted by atomic mass is 79.9. The summed E-state index contributed by atoms with van der Waals surface area (Å²) in [6.07, 6.45) is 3.43. The van der Waals surface area contributed by atoms with Crippen molar-refractivity contribution in [2.45, 2.75) is 0 Å². The number of hydrogen-bond acceptors (Lipinski definition) is 4. The van der Waals surface area contributed by atoms with E-state index in [1.807, 2.05) is 42.5 Å². The molecule has 0 aliphatic heterocycles. The van der Waals surface area contributed by atoms with Crippen molar-refractivity contribution < 1.29 is 0 Å². The molecule has 3 rings (SSSR count). The first kappa shape index (κ1) is 13.8. The van der Waals surface area contributed by atoms with Gasteiger partial charge < -0.3 is 0 Å². The van der Waals surface area contributed by atoms with Gasteiger partial charge in [-0.2, -0.15) is 14.9 Å². The third kappa shape index (κ3) is 2.98. The Balaban J connectivity index is 2.02. The SMILES string of the molecule is S=c1[nH]nc(-c2ccccn2)n1N=Cc1ccccc1Br. The van der Waals surface area contributed by atoms with E-state index in [4.69, 9.17) is 12.2 Å². The molecule has 0 aliphatic rings. The Hall–Kier alpha value is -2.12. The average Bonchev–Trinajstić information content (AvgIpc) is 2.88. The molecule has 0 atom stereocenters. The quantitative estimate of drug-likeness (QED) is 0.573. The van der Waals surface area contributed by atoms with Crippen LogP contribution >= 0.6 is 28.1 Å². The average molecular weight is 360 g/mol. The first-order valence-electron chi connectivity index (χ1n) is 6.13. The van der Waals surface area contributed by atoms with E-state index in [-0.39, 0.29) is 0 Å². The zero-order valence-electron chi connectivity index (χ0n) is 10.8. The Bertz CT molecular complexity index is 838. The molecule has 3 aromatic rings. The maximum absolute atomic E-state index is 5.21. The van der Waals surface area contributed by atoms with Crippen LogP contribution in [0.3, 0.4) is 0 Å². The molecule has 2 aromatic heterocycles. The lowest BCUT2D eigenvalue weighted by Gasteiger charge is -2.00. The molecule has 2 heterocycles. The molecule has 5 nitrogen and oxygen atoms in total. The number of pyridine rings is 1. The van der Waals surface area contributed by atoms with E-state index in [2.05, 4.69) is 36.2 Å². The van der Waals surface area contributed by atoms with Gasteiger partial charge in [0.2, 0.25) is 10.6 Å². The lowest BCUT2D eigenvalue weighted by molar-refractivity contribution is 0.867. The smallest absolute Gasteiger partial charge is 0.216 e. The van der Waals surface area contributed by atoms with Crippen LogP contribution in [0, 0.1) is 4.77 Å². The van der Waals surface area contributed by atoms with E-state index in [0.717, 1.165) is 10.0 Å². The second-order valence-corrected chi connectivity index (χ2v) is 5.39. The summed E-state index contributed by atoms with van der Waals surface area (Å²) in [6.45, 7) is 0. The van der Waals surface area contributed by atoms with Crippen LogP contribution in [0.15, 0.2) is 58.2 Å². The highest BCUT2D eigenvalue weighted by Crippen LogP contribution is 2.16. The zero-order chi connectivity index (χ0) is 14.7. The molecule has 104 valence electrons. The number of aromatic amines is 1. The van der Waals surface area contributed by atoms with Gasteiger partial charge in [-0.15, -0.1) is 0 Å². The van der Waals surface area contributed by atoms with Gasteiger partial charge in [0.05, 0.1) is 6.21 Å². The number of aromatic nitrogens is 4. The van der Waals surface area contributed by atoms with Crippen LogP contribution in [0.2, 0.25) is 0 Å². The number of rotatable bonds is 3. The number of benzene rings is 1. The van der Waals surface area contributed by atoms with Crippen LogP contribution < -0.4 is 0 Å². The van der Waals surface area contributed by atoms with Crippen molar-refractivity contribution in [2.24, 2.45) is 5.10 Å². The Morgan fingerprint density at radius 1 is 1.19 bits per heavy atom. The fraction of sp³-hybridized carbons (Fsp3) is 0. The fourth-order valence-electron chi connectivity index (χ4n) is 1.76. The van der Waals surface area contributed by atoms with Crippen LogP contribution in [0.1, 0.15) is 5.56 Å². The Labute approximate surface area is 134 Å². The Morgan fingerprint density at radius 3 is 2.76 bits per heavy atom. The van der Waals surface area contributed by atoms with Crippen LogP contribution in [-0.4, -0.2) is 26.1 Å². The predicted octanol–water partition coefficient (Wildman–Crippen LogP) is 3.65. The molecule has 0 spiro atoms. The maximum atomic E-state index is 5.21. The molecule has 0 unspecified atom stereocenters. The van der Waals surface area contributed by atoms with E-state index in [1.165, 1.54) is 0 Å². The molecule has 0 radical (unpaired) electrons. The van der Waals surface area contributed by atoms with Crippen molar-refractivity contribution in [3.05, 3.63) is 63.5 Å². The standard InChI is InChI=1S/C14H10BrN5S/c15-11-6-2-1-5-10(11)9-17-20-13(18-19-14(20)21)12-7-3-4-8-16-12/h1-9H,(H,19,21). The summed E-state index contributed by atoms with van der Waals surface area (Å²) in [6, 6.07) is 13.4. The number of hydrogen-bond donors (Lipinski definition) is 1. The number of halogens is 1. The first-order chi connectivity index (χ1) is 10.3. The van der Waals surface area contributed by atoms with Gasteiger partial charge in [-0.3, -0.25) is 4.98 Å². The normalized spacial score (nSPS) is 11.1. The van der Waals surface area contributed by atoms with E-state index < -0.39 is 0 Å². The highest BCUT2D eigenvalue weighted by molar-refractivity contribution is 9.10. The third-order valence-corrected chi connectivity index (χ3v) is 3.75. The molecule has 0 saturated carbocycles. The van der Waals surface area contributed by atoms with Gasteiger partial charge in [0.15, 0.2) is 0 Å². The molecule has 7 heteroatoms. The van der Waals surface area contributed by atoms with Gasteiger partial charge in [-0.1, -0.05) is 40.2 Å². The van der Waals surface area contributed by atoms with Crippen LogP contribution in [0.5, 0.6) is 0 Å². The minimum atomic E-state index is 0.416. The zero-order valence-corrected chi connectivity index (χ0v) is 13.2. The van der Waals surface area contributed by atoms with Gasteiger partial charge in [-0.05, 0) is 30.4 Å². The van der Waals surface area contributed by atoms with E-state index in [1.54, 1.807) is 17.1 Å². The Morgan fingerprint density at radius 2 is 2.00 bits per heavy atom. The van der Waals surface area contributed by atoms with Crippen molar-refractivity contribution in [3.8, 4) is 11.5 Å². The lowest BCUT2D eigenvalue weighted by atomic mass is 10.2. The molecule has 1 N–H and O–H groups in total. The molecule has 0 fully saturated rings. The minimum absolute atomic E-state index is 0.416. The van der Waals surface area contributed by atoms with Gasteiger partial charge in [-0.25, -0.2) is 5.10 Å². The highest BCUT2D eigenvalue weighted by Gasteiger charge is 2.08. The van der Waals surface area contributed by atoms with Gasteiger partial charge in [0.1, 0.15) is 5.69 Å². The van der Waals surface area contributed by atoms with E-state index in [0.29, 0.717) is 16.3 Å². The van der Waals surface area contributed by atoms with Crippen LogP contribution in [-0.2, 0) is 0 Å². The summed E-state index contributed by atoms with van der Waals surface area (Å²) in [5, 5.41) is 11.3. The van der Waals surface area contributed by atoms with Crippen LogP contribution in [0.25, 0.3) is 11.5 Å². The molecule has 21 heavy (non-hydrogen) atoms. The molecule has 1 aromatic carbocycles. The second kappa shape index (κ2) is 6.11. The molecular weight excluding hydrogens is 350 g/mol. The first-order valence-corrected chi connectivity index (χ1v) is 7.33. The summed E-state index contributed by atoms with van der Waals surface area (Å²) < 4.78 is 2.93. The van der Waals surface area contributed by atoms with Gasteiger partial charge in [0.25, 0.3) is 0 Å². The van der Waals surface area contributed by atoms with Crippen molar-refractivity contribution in [1.29, 1.82) is 0 Å². The molecule has 0 amide bonds. The maximum Gasteiger partial charge on any atom is 0.216 e. The minimum Gasteiger partial charge on any atom is -0.253 e. The largest absolute Gasteiger partial charge is 0.253 e. The summed E-state index contributed by atoms with van der Waals surface area (Å²) in [5.41, 5.74) is 1.65. The van der Waals surface area contributed by atoms with Crippen molar-refractivity contribution in [2.75, 3.05) is 0 Å². The van der Waals surface area contributed by atoms with Crippen molar-refractivity contribution in [1.82, 2.24) is 19.9 Å². The second-order valence-electron chi connectivity index (χ2n) is 4.15. The van der Waals surface area contributed by atoms with E-state index >= 15 is 0 Å². The molecular formula is C14H10BrN5S. The summed E-state index contributed by atoms with van der Waals surface area (Å²) in [7, 11) is 0. The third-order valence-electron chi connectivity index (χ3n) is 2.76. The van der Waals surface area contributed by atoms with Crippen molar-refractivity contribution >= 4 is 34.4 Å². The van der Waals surface area contributed by atoms with Gasteiger partial charge >= 0.3 is 0 Å². The summed E-state index contributed by atoms with van der Waals surface area (Å²) in [5.74, 6) is 0.573. The summed E-state index contributed by atoms with van der Waals surface area (Å²) >= 11 is 8.69. The van der Waals surface area contributed by atoms with E-state index in [9.17, 15) is 0 Å². The van der Waals surface area contributed by atoms with Gasteiger partial charge in [0, 0.05) is 16.2 Å². The number of H-pyrrole nitrogens is 1. The lowest BCUT2D eigenvalue weighted by Crippen LogP contribution is -1.96. The predicted molar refractivity (Wildman–Crippen MR) is 87.8 cm³/mol.